The third kappa shape index (κ3) is 5.91. The minimum Gasteiger partial charge on any atom is -0.491 e. The van der Waals surface area contributed by atoms with Gasteiger partial charge in [-0.3, -0.25) is 9.59 Å². The lowest BCUT2D eigenvalue weighted by Gasteiger charge is -2.14. The summed E-state index contributed by atoms with van der Waals surface area (Å²) in [4.78, 5) is 25.9. The minimum absolute atomic E-state index is 0.0525. The lowest BCUT2D eigenvalue weighted by molar-refractivity contribution is 0.0960. The fraction of sp³-hybridized carbons (Fsp3) is 0.290. The van der Waals surface area contributed by atoms with Crippen LogP contribution < -0.4 is 10.1 Å². The second kappa shape index (κ2) is 11.0. The van der Waals surface area contributed by atoms with Crippen LogP contribution in [0.5, 0.6) is 5.75 Å². The molecule has 0 fully saturated rings. The summed E-state index contributed by atoms with van der Waals surface area (Å²) in [7, 11) is 1.56. The summed E-state index contributed by atoms with van der Waals surface area (Å²) in [6, 6.07) is 17.0. The van der Waals surface area contributed by atoms with Gasteiger partial charge in [0.05, 0.1) is 11.7 Å². The molecule has 4 rings (SSSR count). The molecule has 0 saturated heterocycles. The molecule has 1 heterocycles. The number of Topliss-reactive ketones (excluding diaryl/α,β-unsaturated/α-hetero) is 1. The van der Waals surface area contributed by atoms with Gasteiger partial charge in [0.1, 0.15) is 22.9 Å². The number of amides is 1. The third-order valence-corrected chi connectivity index (χ3v) is 6.13. The van der Waals surface area contributed by atoms with E-state index in [1.54, 1.807) is 31.3 Å². The van der Waals surface area contributed by atoms with E-state index in [0.29, 0.717) is 51.5 Å². The Labute approximate surface area is 216 Å². The number of furan rings is 1. The van der Waals surface area contributed by atoms with Crippen molar-refractivity contribution < 1.29 is 23.1 Å². The van der Waals surface area contributed by atoms with Crippen molar-refractivity contribution in [1.29, 1.82) is 0 Å². The Hall–Kier alpha value is -3.93. The van der Waals surface area contributed by atoms with Gasteiger partial charge in [0, 0.05) is 30.0 Å². The molecule has 0 aliphatic rings. The standard InChI is InChI=1S/C31H32FNO4/c1-18(2)6-12-27(34)23-14-22(15-25(16-23)36-19(3)4)21-9-13-28-26(17-21)29(31(35)33-5)30(37-28)20-7-10-24(32)11-8-20/h7-11,13-19H,6,12H2,1-5H3,(H,33,35). The van der Waals surface area contributed by atoms with Crippen LogP contribution in [0.1, 0.15) is 61.3 Å². The van der Waals surface area contributed by atoms with Crippen LogP contribution in [-0.4, -0.2) is 24.8 Å². The number of benzene rings is 3. The van der Waals surface area contributed by atoms with Crippen LogP contribution in [0.15, 0.2) is 65.1 Å². The highest BCUT2D eigenvalue weighted by molar-refractivity contribution is 6.12. The summed E-state index contributed by atoms with van der Waals surface area (Å²) in [5.74, 6) is 0.806. The molecule has 1 N–H and O–H groups in total. The molecule has 37 heavy (non-hydrogen) atoms. The minimum atomic E-state index is -0.370. The van der Waals surface area contributed by atoms with Gasteiger partial charge in [-0.2, -0.15) is 0 Å². The smallest absolute Gasteiger partial charge is 0.255 e. The van der Waals surface area contributed by atoms with Crippen molar-refractivity contribution in [3.8, 4) is 28.2 Å². The van der Waals surface area contributed by atoms with E-state index in [-0.39, 0.29) is 23.6 Å². The van der Waals surface area contributed by atoms with Gasteiger partial charge in [0.15, 0.2) is 5.78 Å². The van der Waals surface area contributed by atoms with Crippen LogP contribution in [0.3, 0.4) is 0 Å². The Morgan fingerprint density at radius 3 is 2.27 bits per heavy atom. The summed E-state index contributed by atoms with van der Waals surface area (Å²) < 4.78 is 25.6. The van der Waals surface area contributed by atoms with Gasteiger partial charge in [-0.15, -0.1) is 0 Å². The Bertz CT molecular complexity index is 1430. The molecule has 192 valence electrons. The average molecular weight is 502 g/mol. The van der Waals surface area contributed by atoms with E-state index >= 15 is 0 Å². The SMILES string of the molecule is CNC(=O)c1c(-c2ccc(F)cc2)oc2ccc(-c3cc(OC(C)C)cc(C(=O)CCC(C)C)c3)cc12. The van der Waals surface area contributed by atoms with Crippen molar-refractivity contribution in [1.82, 2.24) is 5.32 Å². The van der Waals surface area contributed by atoms with Crippen LogP contribution in [0, 0.1) is 11.7 Å². The third-order valence-electron chi connectivity index (χ3n) is 6.13. The molecular formula is C31H32FNO4. The van der Waals surface area contributed by atoms with Crippen LogP contribution in [-0.2, 0) is 0 Å². The van der Waals surface area contributed by atoms with Gasteiger partial charge in [0.25, 0.3) is 5.91 Å². The Kier molecular flexibility index (Phi) is 7.77. The van der Waals surface area contributed by atoms with Crippen molar-refractivity contribution >= 4 is 22.7 Å². The molecule has 1 aromatic heterocycles. The second-order valence-electron chi connectivity index (χ2n) is 9.87. The zero-order valence-electron chi connectivity index (χ0n) is 21.9. The van der Waals surface area contributed by atoms with Gasteiger partial charge in [0.2, 0.25) is 0 Å². The van der Waals surface area contributed by atoms with Gasteiger partial charge in [-0.05, 0) is 91.9 Å². The predicted octanol–water partition coefficient (Wildman–Crippen LogP) is 7.67. The first-order chi connectivity index (χ1) is 17.7. The van der Waals surface area contributed by atoms with Crippen molar-refractivity contribution in [2.45, 2.75) is 46.6 Å². The number of carbonyl (C=O) groups excluding carboxylic acids is 2. The van der Waals surface area contributed by atoms with E-state index in [9.17, 15) is 14.0 Å². The topological polar surface area (TPSA) is 68.5 Å². The van der Waals surface area contributed by atoms with E-state index in [1.807, 2.05) is 38.1 Å². The number of hydrogen-bond acceptors (Lipinski definition) is 4. The van der Waals surface area contributed by atoms with E-state index in [1.165, 1.54) is 12.1 Å². The van der Waals surface area contributed by atoms with Crippen molar-refractivity contribution in [2.24, 2.45) is 5.92 Å². The molecule has 4 aromatic rings. The number of ether oxygens (including phenoxy) is 1. The lowest BCUT2D eigenvalue weighted by atomic mass is 9.96. The number of ketones is 1. The molecule has 0 aliphatic carbocycles. The van der Waals surface area contributed by atoms with Crippen LogP contribution in [0.2, 0.25) is 0 Å². The molecule has 0 atom stereocenters. The van der Waals surface area contributed by atoms with Crippen molar-refractivity contribution in [2.75, 3.05) is 7.05 Å². The highest BCUT2D eigenvalue weighted by atomic mass is 19.1. The molecule has 0 bridgehead atoms. The van der Waals surface area contributed by atoms with Gasteiger partial charge >= 0.3 is 0 Å². The number of fused-ring (bicyclic) bond motifs is 1. The molecule has 6 heteroatoms. The first-order valence-corrected chi connectivity index (χ1v) is 12.6. The maximum atomic E-state index is 13.5. The van der Waals surface area contributed by atoms with Gasteiger partial charge in [-0.1, -0.05) is 19.9 Å². The van der Waals surface area contributed by atoms with Crippen LogP contribution in [0.25, 0.3) is 33.4 Å². The summed E-state index contributed by atoms with van der Waals surface area (Å²) in [6.45, 7) is 8.08. The molecule has 0 saturated carbocycles. The Balaban J connectivity index is 1.85. The second-order valence-corrected chi connectivity index (χ2v) is 9.87. The fourth-order valence-electron chi connectivity index (χ4n) is 4.26. The lowest BCUT2D eigenvalue weighted by Crippen LogP contribution is -2.18. The summed E-state index contributed by atoms with van der Waals surface area (Å²) >= 11 is 0. The number of halogens is 1. The first kappa shape index (κ1) is 26.1. The Morgan fingerprint density at radius 1 is 0.919 bits per heavy atom. The summed E-state index contributed by atoms with van der Waals surface area (Å²) in [5.41, 5.74) is 3.72. The first-order valence-electron chi connectivity index (χ1n) is 12.6. The van der Waals surface area contributed by atoms with Gasteiger partial charge < -0.3 is 14.5 Å². The summed E-state index contributed by atoms with van der Waals surface area (Å²) in [5, 5.41) is 3.30. The molecule has 0 unspecified atom stereocenters. The molecule has 3 aromatic carbocycles. The molecule has 5 nitrogen and oxygen atoms in total. The van der Waals surface area contributed by atoms with Crippen molar-refractivity contribution in [3.05, 3.63) is 77.6 Å². The fourth-order valence-corrected chi connectivity index (χ4v) is 4.26. The zero-order valence-corrected chi connectivity index (χ0v) is 21.9. The zero-order chi connectivity index (χ0) is 26.7. The monoisotopic (exact) mass is 501 g/mol. The number of rotatable bonds is 9. The van der Waals surface area contributed by atoms with Crippen molar-refractivity contribution in [3.63, 3.8) is 0 Å². The van der Waals surface area contributed by atoms with Crippen LogP contribution in [0.4, 0.5) is 4.39 Å². The number of carbonyl (C=O) groups is 2. The van der Waals surface area contributed by atoms with E-state index in [0.717, 1.165) is 17.5 Å². The van der Waals surface area contributed by atoms with E-state index in [2.05, 4.69) is 19.2 Å². The maximum Gasteiger partial charge on any atom is 0.255 e. The highest BCUT2D eigenvalue weighted by Gasteiger charge is 2.22. The maximum absolute atomic E-state index is 13.5. The largest absolute Gasteiger partial charge is 0.491 e. The molecule has 0 radical (unpaired) electrons. The number of hydrogen-bond donors (Lipinski definition) is 1. The van der Waals surface area contributed by atoms with Gasteiger partial charge in [-0.25, -0.2) is 4.39 Å². The predicted molar refractivity (Wildman–Crippen MR) is 145 cm³/mol. The quantitative estimate of drug-likeness (QED) is 0.239. The molecule has 0 spiro atoms. The van der Waals surface area contributed by atoms with E-state index in [4.69, 9.17) is 9.15 Å². The number of nitrogens with one attached hydrogen (secondary N) is 1. The van der Waals surface area contributed by atoms with E-state index < -0.39 is 0 Å². The average Bonchev–Trinajstić information content (AvgIpc) is 3.25. The molecule has 1 amide bonds. The summed E-state index contributed by atoms with van der Waals surface area (Å²) in [6.07, 6.45) is 1.22. The highest BCUT2D eigenvalue weighted by Crippen LogP contribution is 2.37. The normalized spacial score (nSPS) is 11.4. The molecule has 0 aliphatic heterocycles. The molecular weight excluding hydrogens is 469 g/mol. The Morgan fingerprint density at radius 2 is 1.62 bits per heavy atom. The van der Waals surface area contributed by atoms with Crippen LogP contribution >= 0.6 is 0 Å².